The van der Waals surface area contributed by atoms with Gasteiger partial charge in [-0.2, -0.15) is 8.78 Å². The van der Waals surface area contributed by atoms with Gasteiger partial charge < -0.3 is 10.1 Å². The summed E-state index contributed by atoms with van der Waals surface area (Å²) in [6.07, 6.45) is 5.33. The minimum Gasteiger partial charge on any atom is -0.477 e. The second-order valence-electron chi connectivity index (χ2n) is 7.02. The highest BCUT2D eigenvalue weighted by Gasteiger charge is 2.44. The number of hydrogen-bond acceptors (Lipinski definition) is 9. The number of nitrogens with zero attached hydrogens (tertiary/aromatic N) is 4. The van der Waals surface area contributed by atoms with E-state index in [0.717, 1.165) is 5.38 Å². The molecule has 174 valence electrons. The van der Waals surface area contributed by atoms with E-state index in [1.807, 2.05) is 12.2 Å². The molecule has 0 bridgehead atoms. The molecule has 0 radical (unpaired) electrons. The lowest BCUT2D eigenvalue weighted by molar-refractivity contribution is -0.141. The van der Waals surface area contributed by atoms with E-state index in [0.29, 0.717) is 47.9 Å². The predicted octanol–water partition coefficient (Wildman–Crippen LogP) is 3.03. The van der Waals surface area contributed by atoms with Crippen molar-refractivity contribution in [3.8, 4) is 17.1 Å². The summed E-state index contributed by atoms with van der Waals surface area (Å²) < 4.78 is 60.6. The minimum absolute atomic E-state index is 0.109. The highest BCUT2D eigenvalue weighted by Crippen LogP contribution is 2.34. The van der Waals surface area contributed by atoms with E-state index in [4.69, 9.17) is 4.74 Å². The Labute approximate surface area is 191 Å². The van der Waals surface area contributed by atoms with Crippen LogP contribution in [0.15, 0.2) is 36.1 Å². The lowest BCUT2D eigenvalue weighted by atomic mass is 10.2. The van der Waals surface area contributed by atoms with E-state index in [1.165, 1.54) is 30.7 Å². The predicted molar refractivity (Wildman–Crippen MR) is 117 cm³/mol. The number of amides is 1. The molecule has 2 N–H and O–H groups in total. The first-order valence-corrected chi connectivity index (χ1v) is 12.2. The number of alkyl halides is 2. The third kappa shape index (κ3) is 5.22. The molecule has 33 heavy (non-hydrogen) atoms. The number of rotatable bonds is 9. The Hall–Kier alpha value is -3.26. The van der Waals surface area contributed by atoms with Gasteiger partial charge in [0.1, 0.15) is 11.5 Å². The molecule has 0 spiro atoms. The number of carbonyl (C=O) groups is 1. The van der Waals surface area contributed by atoms with Gasteiger partial charge in [0.05, 0.1) is 29.9 Å². The Morgan fingerprint density at radius 2 is 2.03 bits per heavy atom. The van der Waals surface area contributed by atoms with Crippen LogP contribution in [0.25, 0.3) is 11.3 Å². The smallest absolute Gasteiger partial charge is 0.367 e. The molecule has 0 unspecified atom stereocenters. The molecular formula is C19H18F2N6O4S2. The molecular weight excluding hydrogens is 478 g/mol. The lowest BCUT2D eigenvalue weighted by Crippen LogP contribution is -2.33. The number of halogens is 2. The second-order valence-corrected chi connectivity index (χ2v) is 9.84. The average molecular weight is 497 g/mol. The topological polar surface area (TPSA) is 136 Å². The summed E-state index contributed by atoms with van der Waals surface area (Å²) in [7, 11) is -3.65. The van der Waals surface area contributed by atoms with Crippen LogP contribution in [0.5, 0.6) is 5.88 Å². The van der Waals surface area contributed by atoms with Crippen molar-refractivity contribution >= 4 is 38.2 Å². The Bertz CT molecular complexity index is 1260. The second kappa shape index (κ2) is 8.94. The van der Waals surface area contributed by atoms with Crippen LogP contribution in [0.3, 0.4) is 0 Å². The van der Waals surface area contributed by atoms with Gasteiger partial charge in [-0.25, -0.2) is 23.4 Å². The van der Waals surface area contributed by atoms with E-state index >= 15 is 0 Å². The van der Waals surface area contributed by atoms with Crippen LogP contribution in [0.4, 0.5) is 19.7 Å². The molecule has 1 aliphatic rings. The summed E-state index contributed by atoms with van der Waals surface area (Å²) in [5.74, 6) is -5.43. The van der Waals surface area contributed by atoms with Crippen LogP contribution >= 0.6 is 11.3 Å². The molecule has 1 fully saturated rings. The van der Waals surface area contributed by atoms with Crippen LogP contribution in [0, 0.1) is 0 Å². The number of aromatic nitrogens is 4. The van der Waals surface area contributed by atoms with E-state index in [2.05, 4.69) is 24.7 Å². The van der Waals surface area contributed by atoms with E-state index in [9.17, 15) is 22.0 Å². The number of pyridine rings is 1. The first-order valence-electron chi connectivity index (χ1n) is 9.77. The molecule has 3 heterocycles. The number of thiazole rings is 1. The molecule has 0 saturated heterocycles. The largest absolute Gasteiger partial charge is 0.477 e. The molecule has 3 aromatic rings. The lowest BCUT2D eigenvalue weighted by Gasteiger charge is -2.13. The number of sulfonamides is 1. The SMILES string of the molecule is CCOc1cncc(-c2ccc(NC(=O)C(F)(F)c3csc(NS(=O)(=O)C4CC4)n3)nc2)n1. The van der Waals surface area contributed by atoms with Gasteiger partial charge in [0.15, 0.2) is 5.13 Å². The number of hydrogen-bond donors (Lipinski definition) is 2. The third-order valence-corrected chi connectivity index (χ3v) is 7.22. The highest BCUT2D eigenvalue weighted by atomic mass is 32.2. The van der Waals surface area contributed by atoms with Crippen molar-refractivity contribution in [3.63, 3.8) is 0 Å². The molecule has 1 saturated carbocycles. The number of nitrogens with one attached hydrogen (secondary N) is 2. The molecule has 0 atom stereocenters. The standard InChI is InChI=1S/C19H18F2N6O4S2/c1-2-31-16-9-22-8-13(24-16)11-3-6-15(23-7-11)26-17(28)19(20,21)14-10-32-18(25-14)27-33(29,30)12-4-5-12/h3,6-10,12H,2,4-5H2,1H3,(H,25,27)(H,23,26,28). The van der Waals surface area contributed by atoms with Gasteiger partial charge >= 0.3 is 11.8 Å². The van der Waals surface area contributed by atoms with Crippen molar-refractivity contribution in [2.75, 3.05) is 16.6 Å². The molecule has 0 aliphatic heterocycles. The van der Waals surface area contributed by atoms with Gasteiger partial charge in [0, 0.05) is 17.1 Å². The minimum atomic E-state index is -4.00. The van der Waals surface area contributed by atoms with E-state index in [1.54, 1.807) is 0 Å². The third-order valence-electron chi connectivity index (χ3n) is 4.51. The van der Waals surface area contributed by atoms with Gasteiger partial charge in [-0.15, -0.1) is 11.3 Å². The fourth-order valence-electron chi connectivity index (χ4n) is 2.68. The van der Waals surface area contributed by atoms with Crippen molar-refractivity contribution in [2.24, 2.45) is 0 Å². The van der Waals surface area contributed by atoms with E-state index < -0.39 is 32.8 Å². The van der Waals surface area contributed by atoms with Gasteiger partial charge in [-0.3, -0.25) is 14.5 Å². The van der Waals surface area contributed by atoms with Crippen molar-refractivity contribution in [1.82, 2.24) is 19.9 Å². The van der Waals surface area contributed by atoms with Crippen LogP contribution < -0.4 is 14.8 Å². The fourth-order valence-corrected chi connectivity index (χ4v) is 5.01. The maximum absolute atomic E-state index is 14.6. The summed E-state index contributed by atoms with van der Waals surface area (Å²) in [4.78, 5) is 28.0. The van der Waals surface area contributed by atoms with Gasteiger partial charge in [-0.05, 0) is 31.9 Å². The maximum atomic E-state index is 14.6. The highest BCUT2D eigenvalue weighted by molar-refractivity contribution is 7.93. The summed E-state index contributed by atoms with van der Waals surface area (Å²) in [6, 6.07) is 2.88. The average Bonchev–Trinajstić information content (AvgIpc) is 3.55. The molecule has 1 aliphatic carbocycles. The molecule has 3 aromatic heterocycles. The Kier molecular flexibility index (Phi) is 6.21. The van der Waals surface area contributed by atoms with Crippen LogP contribution in [-0.4, -0.2) is 46.1 Å². The number of carbonyl (C=O) groups excluding carboxylic acids is 1. The molecule has 4 rings (SSSR count). The normalized spacial score (nSPS) is 14.0. The summed E-state index contributed by atoms with van der Waals surface area (Å²) >= 11 is 0.676. The number of anilines is 2. The Morgan fingerprint density at radius 1 is 1.24 bits per heavy atom. The van der Waals surface area contributed by atoms with Gasteiger partial charge in [-0.1, -0.05) is 0 Å². The van der Waals surface area contributed by atoms with Crippen LogP contribution in [-0.2, 0) is 20.7 Å². The summed E-state index contributed by atoms with van der Waals surface area (Å²) in [6.45, 7) is 2.23. The van der Waals surface area contributed by atoms with Gasteiger partial charge in [0.25, 0.3) is 0 Å². The molecule has 10 nitrogen and oxygen atoms in total. The van der Waals surface area contributed by atoms with Crippen LogP contribution in [0.2, 0.25) is 0 Å². The first kappa shape index (κ1) is 22.9. The summed E-state index contributed by atoms with van der Waals surface area (Å²) in [5.41, 5.74) is 0.138. The fraction of sp³-hybridized carbons (Fsp3) is 0.316. The Morgan fingerprint density at radius 3 is 2.70 bits per heavy atom. The summed E-state index contributed by atoms with van der Waals surface area (Å²) in [5, 5.41) is 2.23. The first-order chi connectivity index (χ1) is 15.7. The maximum Gasteiger partial charge on any atom is 0.367 e. The van der Waals surface area contributed by atoms with Crippen molar-refractivity contribution in [3.05, 3.63) is 41.8 Å². The molecule has 1 amide bonds. The zero-order valence-electron chi connectivity index (χ0n) is 17.2. The van der Waals surface area contributed by atoms with Crippen molar-refractivity contribution < 1.29 is 26.7 Å². The van der Waals surface area contributed by atoms with Crippen molar-refractivity contribution in [2.45, 2.75) is 30.9 Å². The molecule has 0 aromatic carbocycles. The number of ether oxygens (including phenoxy) is 1. The molecule has 14 heteroatoms. The quantitative estimate of drug-likeness (QED) is 0.461. The zero-order chi connectivity index (χ0) is 23.6. The van der Waals surface area contributed by atoms with Crippen molar-refractivity contribution in [1.29, 1.82) is 0 Å². The van der Waals surface area contributed by atoms with E-state index in [-0.39, 0.29) is 10.9 Å². The van der Waals surface area contributed by atoms with Gasteiger partial charge in [0.2, 0.25) is 15.9 Å². The monoisotopic (exact) mass is 496 g/mol. The Balaban J connectivity index is 1.43. The van der Waals surface area contributed by atoms with Crippen LogP contribution in [0.1, 0.15) is 25.5 Å². The zero-order valence-corrected chi connectivity index (χ0v) is 18.8.